The molecule has 1 aromatic heterocycles. The lowest BCUT2D eigenvalue weighted by atomic mass is 9.94. The van der Waals surface area contributed by atoms with Gasteiger partial charge in [-0.05, 0) is 43.3 Å². The number of hydrogen-bond donors (Lipinski definition) is 4. The topological polar surface area (TPSA) is 136 Å². The average molecular weight is 679 g/mol. The van der Waals surface area contributed by atoms with Gasteiger partial charge in [0.2, 0.25) is 0 Å². The predicted octanol–water partition coefficient (Wildman–Crippen LogP) is 5.28. The van der Waals surface area contributed by atoms with Gasteiger partial charge in [0.1, 0.15) is 18.4 Å². The van der Waals surface area contributed by atoms with Crippen molar-refractivity contribution in [2.75, 3.05) is 33.9 Å². The second-order valence-electron chi connectivity index (χ2n) is 11.5. The number of nitrogens with one attached hydrogen (secondary N) is 3. The first-order chi connectivity index (χ1) is 21.2. The maximum absolute atomic E-state index is 12.6. The Balaban J connectivity index is 1.73. The van der Waals surface area contributed by atoms with E-state index in [1.54, 1.807) is 0 Å². The minimum Gasteiger partial charge on any atom is -0.382 e. The zero-order valence-electron chi connectivity index (χ0n) is 26.8. The van der Waals surface area contributed by atoms with Crippen molar-refractivity contribution >= 4 is 35.9 Å². The quantitative estimate of drug-likeness (QED) is 0.0646. The summed E-state index contributed by atoms with van der Waals surface area (Å²) in [5.74, 6) is -0.391. The lowest BCUT2D eigenvalue weighted by Crippen LogP contribution is -2.38. The first kappa shape index (κ1) is 39.0. The fourth-order valence-corrected chi connectivity index (χ4v) is 6.78. The molecule has 254 valence electrons. The van der Waals surface area contributed by atoms with Crippen molar-refractivity contribution in [2.45, 2.75) is 122 Å². The summed E-state index contributed by atoms with van der Waals surface area (Å²) < 4.78 is 23.7. The van der Waals surface area contributed by atoms with Crippen LogP contribution in [-0.4, -0.2) is 65.7 Å². The summed E-state index contributed by atoms with van der Waals surface area (Å²) >= 11 is 10.6. The van der Waals surface area contributed by atoms with Crippen LogP contribution in [0.15, 0.2) is 21.9 Å². The number of aromatic nitrogens is 2. The highest BCUT2D eigenvalue weighted by atomic mass is 32.5. The minimum absolute atomic E-state index is 0.153. The largest absolute Gasteiger partial charge is 0.382 e. The summed E-state index contributed by atoms with van der Waals surface area (Å²) in [4.78, 5) is 37.0. The number of rotatable bonds is 24. The van der Waals surface area contributed by atoms with E-state index in [2.05, 4.69) is 22.5 Å². The van der Waals surface area contributed by atoms with Crippen LogP contribution in [0.2, 0.25) is 0 Å². The molecule has 2 unspecified atom stereocenters. The molecule has 1 aromatic rings. The number of aromatic amines is 1. The molecule has 0 amide bonds. The smallest absolute Gasteiger partial charge is 0.330 e. The molecular formula is C30H55N4O7PS2. The molecule has 2 heterocycles. The van der Waals surface area contributed by atoms with Crippen LogP contribution in [0, 0.1) is 5.92 Å². The first-order valence-electron chi connectivity index (χ1n) is 16.3. The number of methoxy groups -OCH3 is 1. The Kier molecular flexibility index (Phi) is 19.8. The fourth-order valence-electron chi connectivity index (χ4n) is 5.59. The van der Waals surface area contributed by atoms with Crippen LogP contribution >= 0.6 is 18.9 Å². The van der Waals surface area contributed by atoms with Gasteiger partial charge in [0.05, 0.1) is 6.61 Å². The Labute approximate surface area is 273 Å². The number of nitrogens with zero attached hydrogens (tertiary/aromatic N) is 1. The summed E-state index contributed by atoms with van der Waals surface area (Å²) in [6.07, 6.45) is 17.7. The van der Waals surface area contributed by atoms with E-state index < -0.39 is 42.3 Å². The normalized spacial score (nSPS) is 21.3. The van der Waals surface area contributed by atoms with Crippen LogP contribution in [-0.2, 0) is 30.3 Å². The van der Waals surface area contributed by atoms with Crippen molar-refractivity contribution in [2.24, 2.45) is 5.92 Å². The van der Waals surface area contributed by atoms with Crippen LogP contribution in [0.3, 0.4) is 0 Å². The van der Waals surface area contributed by atoms with Crippen LogP contribution in [0.5, 0.6) is 0 Å². The van der Waals surface area contributed by atoms with E-state index in [1.165, 1.54) is 108 Å². The van der Waals surface area contributed by atoms with E-state index in [-0.39, 0.29) is 6.61 Å². The lowest BCUT2D eigenvalue weighted by Gasteiger charge is -2.27. The molecule has 0 spiro atoms. The Morgan fingerprint density at radius 1 is 0.977 bits per heavy atom. The van der Waals surface area contributed by atoms with Crippen LogP contribution in [0.4, 0.5) is 0 Å². The fraction of sp³-hybridized carbons (Fsp3) is 0.833. The monoisotopic (exact) mass is 678 g/mol. The van der Waals surface area contributed by atoms with Gasteiger partial charge in [-0.25, -0.2) is 4.79 Å². The van der Waals surface area contributed by atoms with Crippen molar-refractivity contribution in [1.29, 1.82) is 0 Å². The summed E-state index contributed by atoms with van der Waals surface area (Å²) in [6, 6.07) is 1.26. The molecule has 1 aliphatic heterocycles. The van der Waals surface area contributed by atoms with E-state index in [0.717, 1.165) is 13.0 Å². The number of H-pyrrole nitrogens is 1. The van der Waals surface area contributed by atoms with Gasteiger partial charge in [-0.3, -0.25) is 14.3 Å². The van der Waals surface area contributed by atoms with E-state index in [9.17, 15) is 14.5 Å². The molecule has 0 bridgehead atoms. The van der Waals surface area contributed by atoms with Gasteiger partial charge in [0, 0.05) is 45.5 Å². The second kappa shape index (κ2) is 22.4. The van der Waals surface area contributed by atoms with Crippen molar-refractivity contribution in [3.05, 3.63) is 33.1 Å². The molecule has 14 heteroatoms. The molecule has 0 saturated carbocycles. The summed E-state index contributed by atoms with van der Waals surface area (Å²) in [6.45, 7) is 0.302. The van der Waals surface area contributed by atoms with Crippen molar-refractivity contribution < 1.29 is 23.4 Å². The van der Waals surface area contributed by atoms with Crippen molar-refractivity contribution in [3.63, 3.8) is 0 Å². The van der Waals surface area contributed by atoms with Gasteiger partial charge in [-0.15, -0.1) is 0 Å². The standard InChI is InChI=1S/C30H55N4O7PS2/c1-4-5-6-7-8-9-10-11-12-13-14-15-16-20-31-29(43)32-21-17-18-24-27(41-42(37,44)39-3)25(23-38-2)40-28(24)34-22-19-26(35)33-30(34)36/h19,22,24-25,27-28H,4-18,20-21,23H2,1-3H3,(H,37,44)(H2,31,32,43)(H,33,35,36)/t24-,25+,27?,28+,42?/m0/s1. The van der Waals surface area contributed by atoms with E-state index in [0.29, 0.717) is 24.5 Å². The number of hydrogen-bond acceptors (Lipinski definition) is 8. The van der Waals surface area contributed by atoms with E-state index in [4.69, 9.17) is 42.5 Å². The third kappa shape index (κ3) is 14.9. The van der Waals surface area contributed by atoms with Crippen LogP contribution in [0.25, 0.3) is 0 Å². The molecule has 1 fully saturated rings. The Bertz CT molecular complexity index is 1110. The highest BCUT2D eigenvalue weighted by molar-refractivity contribution is 8.07. The molecular weight excluding hydrogens is 623 g/mol. The minimum atomic E-state index is -3.54. The predicted molar refractivity (Wildman–Crippen MR) is 183 cm³/mol. The molecule has 11 nitrogen and oxygen atoms in total. The Morgan fingerprint density at radius 3 is 2.09 bits per heavy atom. The second-order valence-corrected chi connectivity index (χ2v) is 14.8. The summed E-state index contributed by atoms with van der Waals surface area (Å²) in [5.41, 5.74) is -1.10. The zero-order valence-corrected chi connectivity index (χ0v) is 29.3. The molecule has 44 heavy (non-hydrogen) atoms. The van der Waals surface area contributed by atoms with Crippen molar-refractivity contribution in [1.82, 2.24) is 20.2 Å². The van der Waals surface area contributed by atoms with E-state index in [1.807, 2.05) is 0 Å². The molecule has 1 aliphatic rings. The molecule has 4 N–H and O–H groups in total. The molecule has 5 atom stereocenters. The van der Waals surface area contributed by atoms with Crippen LogP contribution < -0.4 is 21.9 Å². The maximum atomic E-state index is 12.6. The maximum Gasteiger partial charge on any atom is 0.330 e. The van der Waals surface area contributed by atoms with Gasteiger partial charge in [-0.2, -0.15) is 0 Å². The number of ether oxygens (including phenoxy) is 2. The Hall–Kier alpha value is -1.18. The molecule has 0 aromatic carbocycles. The van der Waals surface area contributed by atoms with Gasteiger partial charge in [-0.1, -0.05) is 84.0 Å². The van der Waals surface area contributed by atoms with Crippen molar-refractivity contribution in [3.8, 4) is 0 Å². The van der Waals surface area contributed by atoms with Gasteiger partial charge in [0.15, 0.2) is 5.11 Å². The lowest BCUT2D eigenvalue weighted by molar-refractivity contribution is -0.0550. The van der Waals surface area contributed by atoms with Gasteiger partial charge >= 0.3 is 12.4 Å². The average Bonchev–Trinajstić information content (AvgIpc) is 3.31. The highest BCUT2D eigenvalue weighted by Crippen LogP contribution is 2.50. The number of unbranched alkanes of at least 4 members (excludes halogenated alkanes) is 12. The zero-order chi connectivity index (χ0) is 32.2. The third-order valence-corrected chi connectivity index (χ3v) is 9.94. The third-order valence-electron chi connectivity index (χ3n) is 7.98. The van der Waals surface area contributed by atoms with Gasteiger partial charge in [0.25, 0.3) is 5.56 Å². The molecule has 2 rings (SSSR count). The summed E-state index contributed by atoms with van der Waals surface area (Å²) in [7, 11) is 2.81. The Morgan fingerprint density at radius 2 is 1.55 bits per heavy atom. The van der Waals surface area contributed by atoms with E-state index >= 15 is 0 Å². The summed E-state index contributed by atoms with van der Waals surface area (Å²) in [5, 5.41) is 7.14. The van der Waals surface area contributed by atoms with Crippen LogP contribution in [0.1, 0.15) is 109 Å². The highest BCUT2D eigenvalue weighted by Gasteiger charge is 2.48. The number of thiocarbonyl (C=S) groups is 1. The molecule has 0 aliphatic carbocycles. The van der Waals surface area contributed by atoms with Gasteiger partial charge < -0.3 is 34.0 Å². The molecule has 1 saturated heterocycles. The molecule has 0 radical (unpaired) electrons. The first-order valence-corrected chi connectivity index (χ1v) is 19.3. The SMILES string of the molecule is CCCCCCCCCCCCCCCNC(=S)NCCC[C@H]1C(OP(O)(=S)OC)[C@@H](COC)O[C@H]1n1ccc(=O)[nH]c1=O.